The fourth-order valence-corrected chi connectivity index (χ4v) is 5.03. The largest absolute Gasteiger partial charge is 0.450 e. The van der Waals surface area contributed by atoms with Crippen LogP contribution in [0, 0.1) is 5.41 Å². The van der Waals surface area contributed by atoms with E-state index in [-0.39, 0.29) is 17.2 Å². The number of nitrogens with zero attached hydrogens (tertiary/aromatic N) is 3. The topological polar surface area (TPSA) is 71.9 Å². The lowest BCUT2D eigenvalue weighted by atomic mass is 9.77. The molecular weight excluding hydrogens is 406 g/mol. The molecule has 2 saturated heterocycles. The van der Waals surface area contributed by atoms with E-state index < -0.39 is 11.6 Å². The number of carbonyl (C=O) groups is 3. The van der Waals surface area contributed by atoms with Crippen molar-refractivity contribution in [3.05, 3.63) is 54.4 Å². The number of rotatable bonds is 4. The van der Waals surface area contributed by atoms with Crippen LogP contribution in [0.15, 0.2) is 48.8 Å². The Morgan fingerprint density at radius 2 is 1.50 bits per heavy atom. The molecule has 2 aliphatic heterocycles. The zero-order valence-electron chi connectivity index (χ0n) is 19.0. The van der Waals surface area contributed by atoms with E-state index in [9.17, 15) is 14.4 Å². The van der Waals surface area contributed by atoms with E-state index in [2.05, 4.69) is 0 Å². The van der Waals surface area contributed by atoms with Crippen LogP contribution < -0.4 is 0 Å². The number of piperidine rings is 1. The second kappa shape index (κ2) is 8.45. The summed E-state index contributed by atoms with van der Waals surface area (Å²) in [6.45, 7) is 7.27. The maximum atomic E-state index is 13.3. The molecule has 4 rings (SSSR count). The number of aromatic nitrogens is 1. The fraction of sp³-hybridized carbons (Fsp3) is 0.480. The molecule has 7 nitrogen and oxygen atoms in total. The minimum atomic E-state index is -1.16. The molecule has 2 aliphatic rings. The van der Waals surface area contributed by atoms with Crippen molar-refractivity contribution in [3.8, 4) is 5.69 Å². The molecule has 0 saturated carbocycles. The fourth-order valence-electron chi connectivity index (χ4n) is 5.03. The zero-order chi connectivity index (χ0) is 22.9. The van der Waals surface area contributed by atoms with E-state index in [4.69, 9.17) is 4.74 Å². The highest BCUT2D eigenvalue weighted by atomic mass is 16.6. The SMILES string of the molecule is CC(=O)OC(C)(C)C(=O)N1CCC2(CCN(C(=O)c3ccccc3-n3cccc3)CC2)C1. The molecule has 1 aromatic carbocycles. The van der Waals surface area contributed by atoms with E-state index >= 15 is 0 Å². The number of benzene rings is 1. The van der Waals surface area contributed by atoms with Gasteiger partial charge in [0.25, 0.3) is 11.8 Å². The molecule has 0 aliphatic carbocycles. The van der Waals surface area contributed by atoms with Gasteiger partial charge in [-0.05, 0) is 62.8 Å². The van der Waals surface area contributed by atoms with Gasteiger partial charge in [-0.2, -0.15) is 0 Å². The van der Waals surface area contributed by atoms with Gasteiger partial charge in [0, 0.05) is 45.5 Å². The molecular formula is C25H31N3O4. The molecule has 1 spiro atoms. The first-order valence-electron chi connectivity index (χ1n) is 11.2. The van der Waals surface area contributed by atoms with Gasteiger partial charge in [-0.3, -0.25) is 14.4 Å². The van der Waals surface area contributed by atoms with Gasteiger partial charge in [0.1, 0.15) is 0 Å². The molecule has 0 radical (unpaired) electrons. The monoisotopic (exact) mass is 437 g/mol. The van der Waals surface area contributed by atoms with E-state index in [0.717, 1.165) is 24.9 Å². The predicted octanol–water partition coefficient (Wildman–Crippen LogP) is 3.27. The molecule has 1 aromatic heterocycles. The van der Waals surface area contributed by atoms with Crippen LogP contribution in [-0.2, 0) is 14.3 Å². The summed E-state index contributed by atoms with van der Waals surface area (Å²) in [5, 5.41) is 0. The van der Waals surface area contributed by atoms with Crippen molar-refractivity contribution in [2.75, 3.05) is 26.2 Å². The van der Waals surface area contributed by atoms with Crippen molar-refractivity contribution in [2.24, 2.45) is 5.41 Å². The van der Waals surface area contributed by atoms with Crippen LogP contribution in [0.25, 0.3) is 5.69 Å². The van der Waals surface area contributed by atoms with E-state index in [0.29, 0.717) is 31.7 Å². The van der Waals surface area contributed by atoms with Gasteiger partial charge in [-0.15, -0.1) is 0 Å². The first-order valence-corrected chi connectivity index (χ1v) is 11.2. The Morgan fingerprint density at radius 3 is 2.12 bits per heavy atom. The lowest BCUT2D eigenvalue weighted by molar-refractivity contribution is -0.168. The summed E-state index contributed by atoms with van der Waals surface area (Å²) in [7, 11) is 0. The Hall–Kier alpha value is -3.09. The van der Waals surface area contributed by atoms with Gasteiger partial charge in [0.2, 0.25) is 0 Å². The molecule has 0 N–H and O–H groups in total. The second-order valence-corrected chi connectivity index (χ2v) is 9.48. The number of para-hydroxylation sites is 1. The number of esters is 1. The zero-order valence-corrected chi connectivity index (χ0v) is 19.0. The van der Waals surface area contributed by atoms with Gasteiger partial charge in [-0.25, -0.2) is 0 Å². The molecule has 0 atom stereocenters. The van der Waals surface area contributed by atoms with Crippen molar-refractivity contribution in [3.63, 3.8) is 0 Å². The van der Waals surface area contributed by atoms with Crippen molar-refractivity contribution >= 4 is 17.8 Å². The molecule has 0 unspecified atom stereocenters. The second-order valence-electron chi connectivity index (χ2n) is 9.48. The highest BCUT2D eigenvalue weighted by Crippen LogP contribution is 2.41. The van der Waals surface area contributed by atoms with Gasteiger partial charge in [-0.1, -0.05) is 12.1 Å². The first kappa shape index (κ1) is 22.1. The minimum absolute atomic E-state index is 0.0265. The summed E-state index contributed by atoms with van der Waals surface area (Å²) in [6, 6.07) is 11.6. The first-order chi connectivity index (χ1) is 15.2. The summed E-state index contributed by atoms with van der Waals surface area (Å²) in [5.74, 6) is -0.556. The Kier molecular flexibility index (Phi) is 5.84. The highest BCUT2D eigenvalue weighted by Gasteiger charge is 2.46. The molecule has 32 heavy (non-hydrogen) atoms. The van der Waals surface area contributed by atoms with Crippen LogP contribution in [0.2, 0.25) is 0 Å². The van der Waals surface area contributed by atoms with E-state index in [1.165, 1.54) is 6.92 Å². The molecule has 2 aromatic rings. The average Bonchev–Trinajstić information content (AvgIpc) is 3.43. The van der Waals surface area contributed by atoms with Crippen LogP contribution >= 0.6 is 0 Å². The third-order valence-corrected chi connectivity index (χ3v) is 6.77. The highest BCUT2D eigenvalue weighted by molar-refractivity contribution is 5.98. The maximum Gasteiger partial charge on any atom is 0.303 e. The Labute approximate surface area is 188 Å². The Balaban J connectivity index is 1.41. The summed E-state index contributed by atoms with van der Waals surface area (Å²) in [6.07, 6.45) is 6.53. The quantitative estimate of drug-likeness (QED) is 0.689. The van der Waals surface area contributed by atoms with Crippen LogP contribution in [0.3, 0.4) is 0 Å². The van der Waals surface area contributed by atoms with Gasteiger partial charge in [0.05, 0.1) is 11.3 Å². The molecule has 0 bridgehead atoms. The van der Waals surface area contributed by atoms with Gasteiger partial charge in [0.15, 0.2) is 5.60 Å². The van der Waals surface area contributed by atoms with Crippen LogP contribution in [0.5, 0.6) is 0 Å². The number of likely N-dealkylation sites (tertiary alicyclic amines) is 2. The normalized spacial score (nSPS) is 18.1. The standard InChI is InChI=1S/C25H31N3O4/c1-19(29)32-24(2,3)23(31)28-17-12-25(18-28)10-15-27(16-11-25)22(30)20-8-4-5-9-21(20)26-13-6-7-14-26/h4-9,13-14H,10-12,15-18H2,1-3H3. The smallest absolute Gasteiger partial charge is 0.303 e. The van der Waals surface area contributed by atoms with Crippen LogP contribution in [0.1, 0.15) is 50.4 Å². The summed E-state index contributed by atoms with van der Waals surface area (Å²) >= 11 is 0. The third kappa shape index (κ3) is 4.29. The number of carbonyl (C=O) groups excluding carboxylic acids is 3. The summed E-state index contributed by atoms with van der Waals surface area (Å²) in [5.41, 5.74) is 0.452. The number of hydrogen-bond donors (Lipinski definition) is 0. The molecule has 2 amide bonds. The van der Waals surface area contributed by atoms with Crippen molar-refractivity contribution in [1.82, 2.24) is 14.4 Å². The summed E-state index contributed by atoms with van der Waals surface area (Å²) < 4.78 is 7.20. The van der Waals surface area contributed by atoms with Crippen molar-refractivity contribution in [2.45, 2.75) is 45.6 Å². The average molecular weight is 438 g/mol. The lowest BCUT2D eigenvalue weighted by Crippen LogP contribution is -2.49. The van der Waals surface area contributed by atoms with Crippen molar-refractivity contribution in [1.29, 1.82) is 0 Å². The molecule has 170 valence electrons. The Bertz CT molecular complexity index is 1000. The predicted molar refractivity (Wildman–Crippen MR) is 120 cm³/mol. The molecule has 3 heterocycles. The number of ether oxygens (including phenoxy) is 1. The lowest BCUT2D eigenvalue weighted by Gasteiger charge is -2.40. The summed E-state index contributed by atoms with van der Waals surface area (Å²) in [4.78, 5) is 41.4. The maximum absolute atomic E-state index is 13.3. The van der Waals surface area contributed by atoms with Gasteiger partial charge >= 0.3 is 5.97 Å². The number of hydrogen-bond acceptors (Lipinski definition) is 4. The van der Waals surface area contributed by atoms with Crippen molar-refractivity contribution < 1.29 is 19.1 Å². The number of amides is 2. The molecule has 2 fully saturated rings. The minimum Gasteiger partial charge on any atom is -0.450 e. The van der Waals surface area contributed by atoms with E-state index in [1.807, 2.05) is 63.2 Å². The van der Waals surface area contributed by atoms with E-state index in [1.54, 1.807) is 13.8 Å². The van der Waals surface area contributed by atoms with Gasteiger partial charge < -0.3 is 19.1 Å². The van der Waals surface area contributed by atoms with Crippen LogP contribution in [0.4, 0.5) is 0 Å². The van der Waals surface area contributed by atoms with Crippen LogP contribution in [-0.4, -0.2) is 63.9 Å². The third-order valence-electron chi connectivity index (χ3n) is 6.77. The molecule has 7 heteroatoms. The Morgan fingerprint density at radius 1 is 0.906 bits per heavy atom.